The molecule has 32 heavy (non-hydrogen) atoms. The predicted molar refractivity (Wildman–Crippen MR) is 125 cm³/mol. The average Bonchev–Trinajstić information content (AvgIpc) is 2.78. The average molecular weight is 438 g/mol. The van der Waals surface area contributed by atoms with Crippen molar-refractivity contribution in [2.45, 2.75) is 39.8 Å². The number of nitrogens with one attached hydrogen (secondary N) is 2. The molecule has 1 aliphatic heterocycles. The third-order valence-electron chi connectivity index (χ3n) is 5.68. The van der Waals surface area contributed by atoms with Gasteiger partial charge in [0.05, 0.1) is 24.9 Å². The fraction of sp³-hybridized carbons (Fsp3) is 0.478. The lowest BCUT2D eigenvalue weighted by atomic mass is 10.1. The maximum Gasteiger partial charge on any atom is 0.238 e. The number of aromatic nitrogens is 4. The van der Waals surface area contributed by atoms with Crippen molar-refractivity contribution in [2.24, 2.45) is 5.92 Å². The molecule has 0 spiro atoms. The van der Waals surface area contributed by atoms with E-state index in [1.165, 1.54) is 5.56 Å². The lowest BCUT2D eigenvalue weighted by Crippen LogP contribution is -2.30. The van der Waals surface area contributed by atoms with E-state index in [2.05, 4.69) is 52.5 Å². The molecule has 9 nitrogen and oxygen atoms in total. The molecule has 9 heteroatoms. The van der Waals surface area contributed by atoms with E-state index in [4.69, 9.17) is 14.7 Å². The number of hydrogen-bond donors (Lipinski definition) is 3. The van der Waals surface area contributed by atoms with Crippen LogP contribution in [0.2, 0.25) is 0 Å². The highest BCUT2D eigenvalue weighted by molar-refractivity contribution is 5.88. The number of rotatable bonds is 8. The number of aliphatic hydroxyl groups excluding tert-OH is 1. The summed E-state index contributed by atoms with van der Waals surface area (Å²) in [5.74, 6) is 1.86. The van der Waals surface area contributed by atoms with Crippen LogP contribution in [0.4, 0.5) is 17.5 Å². The maximum absolute atomic E-state index is 9.72. The first kappa shape index (κ1) is 22.2. The van der Waals surface area contributed by atoms with Gasteiger partial charge in [0.15, 0.2) is 5.82 Å². The van der Waals surface area contributed by atoms with E-state index in [-0.39, 0.29) is 18.6 Å². The Hall–Kier alpha value is -3.04. The summed E-state index contributed by atoms with van der Waals surface area (Å²) in [7, 11) is 2.11. The minimum Gasteiger partial charge on any atom is -0.476 e. The van der Waals surface area contributed by atoms with Gasteiger partial charge in [0.1, 0.15) is 11.2 Å². The van der Waals surface area contributed by atoms with E-state index in [9.17, 15) is 5.11 Å². The van der Waals surface area contributed by atoms with Gasteiger partial charge in [-0.25, -0.2) is 19.9 Å². The van der Waals surface area contributed by atoms with Crippen molar-refractivity contribution in [3.63, 3.8) is 0 Å². The molecule has 0 aromatic carbocycles. The van der Waals surface area contributed by atoms with Gasteiger partial charge in [0.25, 0.3) is 0 Å². The summed E-state index contributed by atoms with van der Waals surface area (Å²) in [5.41, 5.74) is 3.69. The van der Waals surface area contributed by atoms with Gasteiger partial charge in [0, 0.05) is 37.3 Å². The molecule has 0 unspecified atom stereocenters. The summed E-state index contributed by atoms with van der Waals surface area (Å²) in [4.78, 5) is 20.7. The summed E-state index contributed by atoms with van der Waals surface area (Å²) >= 11 is 0. The summed E-state index contributed by atoms with van der Waals surface area (Å²) in [6.07, 6.45) is 4.38. The van der Waals surface area contributed by atoms with Gasteiger partial charge in [-0.15, -0.1) is 0 Å². The van der Waals surface area contributed by atoms with Gasteiger partial charge in [-0.1, -0.05) is 13.8 Å². The Morgan fingerprint density at radius 1 is 1.25 bits per heavy atom. The van der Waals surface area contributed by atoms with E-state index in [0.717, 1.165) is 36.3 Å². The van der Waals surface area contributed by atoms with Crippen LogP contribution in [0.15, 0.2) is 24.5 Å². The first-order valence-corrected chi connectivity index (χ1v) is 11.1. The predicted octanol–water partition coefficient (Wildman–Crippen LogP) is 2.98. The van der Waals surface area contributed by atoms with Gasteiger partial charge in [-0.2, -0.15) is 0 Å². The number of aliphatic hydroxyl groups is 1. The molecule has 4 rings (SSSR count). The van der Waals surface area contributed by atoms with Crippen molar-refractivity contribution in [2.75, 3.05) is 37.4 Å². The van der Waals surface area contributed by atoms with Crippen LogP contribution in [0.25, 0.3) is 10.9 Å². The van der Waals surface area contributed by atoms with Gasteiger partial charge in [0.2, 0.25) is 11.8 Å². The third-order valence-corrected chi connectivity index (χ3v) is 5.68. The van der Waals surface area contributed by atoms with E-state index >= 15 is 0 Å². The number of anilines is 3. The molecule has 3 aromatic rings. The van der Waals surface area contributed by atoms with Crippen LogP contribution < -0.4 is 15.4 Å². The van der Waals surface area contributed by atoms with Crippen molar-refractivity contribution in [1.82, 2.24) is 24.8 Å². The number of hydrogen-bond acceptors (Lipinski definition) is 9. The summed E-state index contributed by atoms with van der Waals surface area (Å²) in [6.45, 7) is 8.42. The van der Waals surface area contributed by atoms with E-state index < -0.39 is 0 Å². The molecule has 0 bridgehead atoms. The molecule has 0 fully saturated rings. The molecule has 3 aromatic heterocycles. The number of pyridine rings is 2. The van der Waals surface area contributed by atoms with E-state index in [0.29, 0.717) is 29.8 Å². The molecule has 1 atom stereocenters. The first-order chi connectivity index (χ1) is 15.5. The summed E-state index contributed by atoms with van der Waals surface area (Å²) in [6, 6.07) is 3.83. The highest BCUT2D eigenvalue weighted by atomic mass is 16.5. The molecule has 0 aliphatic carbocycles. The molecular formula is C23H31N7O2. The highest BCUT2D eigenvalue weighted by Gasteiger charge is 2.20. The lowest BCUT2D eigenvalue weighted by Gasteiger charge is -2.25. The fourth-order valence-electron chi connectivity index (χ4n) is 3.77. The SMILES string of the molecule is CCOc1nc2c(cc1Nc1ncc3ccnc(N[C@H](CO)C(C)C)c3n1)CN(C)CC2. The Kier molecular flexibility index (Phi) is 6.66. The van der Waals surface area contributed by atoms with Crippen LogP contribution in [0.5, 0.6) is 5.88 Å². The van der Waals surface area contributed by atoms with Gasteiger partial charge in [-0.05, 0) is 37.6 Å². The third kappa shape index (κ3) is 4.73. The number of fused-ring (bicyclic) bond motifs is 2. The zero-order valence-corrected chi connectivity index (χ0v) is 19.1. The molecule has 170 valence electrons. The molecule has 1 aliphatic rings. The number of likely N-dealkylation sites (N-methyl/N-ethyl adjacent to an activating group) is 1. The molecule has 3 N–H and O–H groups in total. The standard InChI is InChI=1S/C23H31N7O2/c1-5-32-22-18(10-16-12-30(4)9-7-17(16)27-22)28-23-25-11-15-6-8-24-21(20(15)29-23)26-19(13-31)14(2)3/h6,8,10-11,14,19,31H,5,7,9,12-13H2,1-4H3,(H,24,26)(H,25,28,29)/t19-/m1/s1. The Labute approximate surface area is 188 Å². The first-order valence-electron chi connectivity index (χ1n) is 11.1. The Balaban J connectivity index is 1.68. The monoisotopic (exact) mass is 437 g/mol. The Morgan fingerprint density at radius 2 is 2.09 bits per heavy atom. The van der Waals surface area contributed by atoms with E-state index in [1.54, 1.807) is 12.4 Å². The second-order valence-electron chi connectivity index (χ2n) is 8.46. The Morgan fingerprint density at radius 3 is 2.84 bits per heavy atom. The van der Waals surface area contributed by atoms with Crippen LogP contribution in [0.1, 0.15) is 32.0 Å². The van der Waals surface area contributed by atoms with Crippen molar-refractivity contribution in [3.05, 3.63) is 35.8 Å². The molecule has 0 saturated heterocycles. The fourth-order valence-corrected chi connectivity index (χ4v) is 3.77. The summed E-state index contributed by atoms with van der Waals surface area (Å²) < 4.78 is 5.81. The maximum atomic E-state index is 9.72. The smallest absolute Gasteiger partial charge is 0.238 e. The largest absolute Gasteiger partial charge is 0.476 e. The lowest BCUT2D eigenvalue weighted by molar-refractivity contribution is 0.249. The van der Waals surface area contributed by atoms with Crippen LogP contribution >= 0.6 is 0 Å². The molecule has 4 heterocycles. The minimum atomic E-state index is -0.120. The molecular weight excluding hydrogens is 406 g/mol. The minimum absolute atomic E-state index is 0.0128. The van der Waals surface area contributed by atoms with Crippen LogP contribution in [-0.4, -0.2) is 62.8 Å². The van der Waals surface area contributed by atoms with Crippen molar-refractivity contribution in [3.8, 4) is 5.88 Å². The second-order valence-corrected chi connectivity index (χ2v) is 8.46. The van der Waals surface area contributed by atoms with Gasteiger partial charge in [-0.3, -0.25) is 0 Å². The van der Waals surface area contributed by atoms with Crippen molar-refractivity contribution >= 4 is 28.4 Å². The highest BCUT2D eigenvalue weighted by Crippen LogP contribution is 2.31. The van der Waals surface area contributed by atoms with E-state index in [1.807, 2.05) is 13.0 Å². The number of ether oxygens (including phenoxy) is 1. The topological polar surface area (TPSA) is 108 Å². The van der Waals surface area contributed by atoms with Crippen LogP contribution in [0.3, 0.4) is 0 Å². The van der Waals surface area contributed by atoms with Crippen molar-refractivity contribution < 1.29 is 9.84 Å². The Bertz CT molecular complexity index is 1090. The zero-order valence-electron chi connectivity index (χ0n) is 19.1. The molecule has 0 amide bonds. The van der Waals surface area contributed by atoms with Crippen LogP contribution in [-0.2, 0) is 13.0 Å². The second kappa shape index (κ2) is 9.62. The normalized spacial score (nSPS) is 14.9. The van der Waals surface area contributed by atoms with Crippen molar-refractivity contribution in [1.29, 1.82) is 0 Å². The molecule has 0 saturated carbocycles. The quantitative estimate of drug-likeness (QED) is 0.490. The summed E-state index contributed by atoms with van der Waals surface area (Å²) in [5, 5.41) is 17.2. The molecule has 0 radical (unpaired) electrons. The van der Waals surface area contributed by atoms with Gasteiger partial charge < -0.3 is 25.4 Å². The zero-order chi connectivity index (χ0) is 22.7. The van der Waals surface area contributed by atoms with Crippen LogP contribution in [0, 0.1) is 5.92 Å². The number of nitrogens with zero attached hydrogens (tertiary/aromatic N) is 5. The van der Waals surface area contributed by atoms with Gasteiger partial charge >= 0.3 is 0 Å².